The highest BCUT2D eigenvalue weighted by atomic mass is 16.1. The molecule has 1 rings (SSSR count). The predicted molar refractivity (Wildman–Crippen MR) is 49.6 cm³/mol. The molecule has 0 aromatic rings. The largest absolute Gasteiger partial charge is 0.356 e. The fourth-order valence-corrected chi connectivity index (χ4v) is 1.67. The Labute approximate surface area is 74.7 Å². The topological polar surface area (TPSA) is 29.1 Å². The first-order valence-electron chi connectivity index (χ1n) is 4.91. The highest BCUT2D eigenvalue weighted by Gasteiger charge is 2.21. The first-order chi connectivity index (χ1) is 5.84. The molecular weight excluding hydrogens is 150 g/mol. The van der Waals surface area contributed by atoms with Crippen LogP contribution >= 0.6 is 0 Å². The Bertz CT molecular complexity index is 139. The maximum absolute atomic E-state index is 11.4. The number of unbranched alkanes of at least 4 members (excludes halogenated alkanes) is 1. The van der Waals surface area contributed by atoms with Gasteiger partial charge in [0, 0.05) is 12.5 Å². The van der Waals surface area contributed by atoms with Gasteiger partial charge in [-0.25, -0.2) is 0 Å². The summed E-state index contributed by atoms with van der Waals surface area (Å²) in [5, 5.41) is 2.95. The van der Waals surface area contributed by atoms with Crippen LogP contribution in [0.3, 0.4) is 0 Å². The molecule has 0 aliphatic heterocycles. The van der Waals surface area contributed by atoms with Gasteiger partial charge in [-0.1, -0.05) is 26.2 Å². The number of carbonyl (C=O) groups excluding carboxylic acids is 1. The molecule has 1 N–H and O–H groups in total. The van der Waals surface area contributed by atoms with Crippen molar-refractivity contribution in [1.29, 1.82) is 0 Å². The van der Waals surface area contributed by atoms with Gasteiger partial charge in [-0.2, -0.15) is 0 Å². The zero-order valence-corrected chi connectivity index (χ0v) is 7.64. The molecule has 12 heavy (non-hydrogen) atoms. The molecular formula is C10H18NO. The Balaban J connectivity index is 2.10. The second kappa shape index (κ2) is 5.18. The number of amides is 1. The van der Waals surface area contributed by atoms with E-state index in [-0.39, 0.29) is 5.91 Å². The molecule has 0 atom stereocenters. The lowest BCUT2D eigenvalue weighted by atomic mass is 10.1. The molecule has 1 aliphatic rings. The minimum Gasteiger partial charge on any atom is -0.356 e. The van der Waals surface area contributed by atoms with E-state index in [2.05, 4.69) is 12.2 Å². The summed E-state index contributed by atoms with van der Waals surface area (Å²) in [6.07, 6.45) is 6.55. The zero-order valence-electron chi connectivity index (χ0n) is 7.64. The molecule has 1 radical (unpaired) electrons. The molecule has 69 valence electrons. The van der Waals surface area contributed by atoms with E-state index < -0.39 is 0 Å². The number of rotatable bonds is 4. The zero-order chi connectivity index (χ0) is 8.81. The molecule has 2 heteroatoms. The van der Waals surface area contributed by atoms with Crippen molar-refractivity contribution in [2.24, 2.45) is 5.92 Å². The maximum Gasteiger partial charge on any atom is 0.223 e. The summed E-state index contributed by atoms with van der Waals surface area (Å²) < 4.78 is 0. The van der Waals surface area contributed by atoms with Gasteiger partial charge in [0.05, 0.1) is 0 Å². The molecule has 0 aromatic carbocycles. The Hall–Kier alpha value is -0.530. The Kier molecular flexibility index (Phi) is 4.12. The first-order valence-corrected chi connectivity index (χ1v) is 4.91. The van der Waals surface area contributed by atoms with Gasteiger partial charge >= 0.3 is 0 Å². The van der Waals surface area contributed by atoms with Crippen LogP contribution in [0.25, 0.3) is 0 Å². The SMILES string of the molecule is [CH2]CCCNC(=O)C1CCCC1. The molecule has 0 heterocycles. The minimum atomic E-state index is 0.265. The third-order valence-corrected chi connectivity index (χ3v) is 2.45. The molecule has 0 unspecified atom stereocenters. The highest BCUT2D eigenvalue weighted by Crippen LogP contribution is 2.24. The fraction of sp³-hybridized carbons (Fsp3) is 0.800. The van der Waals surface area contributed by atoms with E-state index in [4.69, 9.17) is 0 Å². The van der Waals surface area contributed by atoms with Crippen molar-refractivity contribution < 1.29 is 4.79 Å². The van der Waals surface area contributed by atoms with E-state index in [1.54, 1.807) is 0 Å². The maximum atomic E-state index is 11.4. The second-order valence-electron chi connectivity index (χ2n) is 3.48. The van der Waals surface area contributed by atoms with E-state index in [1.165, 1.54) is 12.8 Å². The van der Waals surface area contributed by atoms with Crippen LogP contribution in [-0.2, 0) is 4.79 Å². The number of hydrogen-bond acceptors (Lipinski definition) is 1. The van der Waals surface area contributed by atoms with Crippen molar-refractivity contribution in [1.82, 2.24) is 5.32 Å². The van der Waals surface area contributed by atoms with Crippen molar-refractivity contribution in [2.75, 3.05) is 6.54 Å². The van der Waals surface area contributed by atoms with Gasteiger partial charge in [-0.3, -0.25) is 4.79 Å². The summed E-state index contributed by atoms with van der Waals surface area (Å²) in [6, 6.07) is 0. The predicted octanol–water partition coefficient (Wildman–Crippen LogP) is 1.91. The fourth-order valence-electron chi connectivity index (χ4n) is 1.67. The number of hydrogen-bond donors (Lipinski definition) is 1. The average Bonchev–Trinajstić information content (AvgIpc) is 2.56. The van der Waals surface area contributed by atoms with Crippen LogP contribution in [0.1, 0.15) is 38.5 Å². The molecule has 1 fully saturated rings. The Morgan fingerprint density at radius 2 is 2.08 bits per heavy atom. The quantitative estimate of drug-likeness (QED) is 0.638. The number of carbonyl (C=O) groups is 1. The monoisotopic (exact) mass is 168 g/mol. The van der Waals surface area contributed by atoms with Gasteiger partial charge in [0.1, 0.15) is 0 Å². The van der Waals surface area contributed by atoms with Gasteiger partial charge in [-0.15, -0.1) is 0 Å². The van der Waals surface area contributed by atoms with Crippen LogP contribution in [0, 0.1) is 12.8 Å². The van der Waals surface area contributed by atoms with Crippen molar-refractivity contribution in [3.8, 4) is 0 Å². The van der Waals surface area contributed by atoms with E-state index >= 15 is 0 Å². The van der Waals surface area contributed by atoms with Gasteiger partial charge in [-0.05, 0) is 19.3 Å². The molecule has 1 aliphatic carbocycles. The summed E-state index contributed by atoms with van der Waals surface area (Å²) in [6.45, 7) is 4.53. The minimum absolute atomic E-state index is 0.265. The smallest absolute Gasteiger partial charge is 0.223 e. The molecule has 0 bridgehead atoms. The van der Waals surface area contributed by atoms with Gasteiger partial charge in [0.15, 0.2) is 0 Å². The summed E-state index contributed by atoms with van der Waals surface area (Å²) in [5.41, 5.74) is 0. The molecule has 1 saturated carbocycles. The molecule has 1 amide bonds. The van der Waals surface area contributed by atoms with Crippen LogP contribution in [0.2, 0.25) is 0 Å². The lowest BCUT2D eigenvalue weighted by molar-refractivity contribution is -0.124. The number of nitrogens with one attached hydrogen (secondary N) is 1. The van der Waals surface area contributed by atoms with Crippen LogP contribution in [-0.4, -0.2) is 12.5 Å². The molecule has 0 spiro atoms. The summed E-state index contributed by atoms with van der Waals surface area (Å²) in [7, 11) is 0. The summed E-state index contributed by atoms with van der Waals surface area (Å²) >= 11 is 0. The van der Waals surface area contributed by atoms with Gasteiger partial charge in [0.25, 0.3) is 0 Å². The standard InChI is InChI=1S/C10H18NO/c1-2-3-8-11-10(12)9-6-4-5-7-9/h9H,1-8H2,(H,11,12). The lowest BCUT2D eigenvalue weighted by Gasteiger charge is -2.09. The average molecular weight is 168 g/mol. The van der Waals surface area contributed by atoms with Gasteiger partial charge in [0.2, 0.25) is 5.91 Å². The molecule has 0 saturated heterocycles. The van der Waals surface area contributed by atoms with Crippen LogP contribution < -0.4 is 5.32 Å². The summed E-state index contributed by atoms with van der Waals surface area (Å²) in [5.74, 6) is 0.579. The van der Waals surface area contributed by atoms with Crippen LogP contribution in [0.4, 0.5) is 0 Å². The molecule has 0 aromatic heterocycles. The van der Waals surface area contributed by atoms with Crippen molar-refractivity contribution in [3.63, 3.8) is 0 Å². The van der Waals surface area contributed by atoms with Crippen molar-refractivity contribution in [3.05, 3.63) is 6.92 Å². The molecule has 2 nitrogen and oxygen atoms in total. The second-order valence-corrected chi connectivity index (χ2v) is 3.48. The van der Waals surface area contributed by atoms with E-state index in [1.807, 2.05) is 0 Å². The van der Waals surface area contributed by atoms with Crippen LogP contribution in [0.15, 0.2) is 0 Å². The third kappa shape index (κ3) is 2.84. The van der Waals surface area contributed by atoms with E-state index in [9.17, 15) is 4.79 Å². The Morgan fingerprint density at radius 1 is 1.42 bits per heavy atom. The Morgan fingerprint density at radius 3 is 2.67 bits per heavy atom. The van der Waals surface area contributed by atoms with Gasteiger partial charge < -0.3 is 5.32 Å². The van der Waals surface area contributed by atoms with Crippen molar-refractivity contribution in [2.45, 2.75) is 38.5 Å². The van der Waals surface area contributed by atoms with Crippen LogP contribution in [0.5, 0.6) is 0 Å². The highest BCUT2D eigenvalue weighted by molar-refractivity contribution is 5.78. The van der Waals surface area contributed by atoms with E-state index in [0.717, 1.165) is 32.2 Å². The van der Waals surface area contributed by atoms with E-state index in [0.29, 0.717) is 5.92 Å². The third-order valence-electron chi connectivity index (χ3n) is 2.45. The summed E-state index contributed by atoms with van der Waals surface area (Å²) in [4.78, 5) is 11.4. The van der Waals surface area contributed by atoms with Crippen molar-refractivity contribution >= 4 is 5.91 Å². The first kappa shape index (κ1) is 9.56. The normalized spacial score (nSPS) is 18.1. The lowest BCUT2D eigenvalue weighted by Crippen LogP contribution is -2.29.